The highest BCUT2D eigenvalue weighted by Crippen LogP contribution is 2.24. The molecule has 19 heavy (non-hydrogen) atoms. The predicted molar refractivity (Wildman–Crippen MR) is 74.3 cm³/mol. The van der Waals surface area contributed by atoms with Crippen molar-refractivity contribution in [3.63, 3.8) is 0 Å². The summed E-state index contributed by atoms with van der Waals surface area (Å²) < 4.78 is 18.6. The zero-order valence-corrected chi connectivity index (χ0v) is 12.4. The standard InChI is InChI=1S/C11H11Cl2N3O2S/c1-19(17)11-15-14-7-16(11)2-3-18-10-5-8(12)4-9(13)6-10/h4-7H,2-3H2,1H3. The van der Waals surface area contributed by atoms with E-state index in [2.05, 4.69) is 10.2 Å². The predicted octanol–water partition coefficient (Wildman–Crippen LogP) is 2.40. The molecule has 102 valence electrons. The summed E-state index contributed by atoms with van der Waals surface area (Å²) in [5.74, 6) is 0.588. The molecule has 0 aliphatic heterocycles. The Morgan fingerprint density at radius 1 is 1.32 bits per heavy atom. The van der Waals surface area contributed by atoms with Gasteiger partial charge in [0.2, 0.25) is 5.16 Å². The highest BCUT2D eigenvalue weighted by molar-refractivity contribution is 7.84. The first-order valence-electron chi connectivity index (χ1n) is 5.36. The zero-order chi connectivity index (χ0) is 13.8. The van der Waals surface area contributed by atoms with Gasteiger partial charge >= 0.3 is 0 Å². The number of halogens is 2. The fourth-order valence-electron chi connectivity index (χ4n) is 1.49. The van der Waals surface area contributed by atoms with Crippen molar-refractivity contribution >= 4 is 34.0 Å². The van der Waals surface area contributed by atoms with Crippen LogP contribution in [0.1, 0.15) is 0 Å². The van der Waals surface area contributed by atoms with Crippen molar-refractivity contribution in [1.82, 2.24) is 14.8 Å². The third-order valence-corrected chi connectivity index (χ3v) is 3.54. The molecule has 0 aliphatic carbocycles. The molecule has 0 amide bonds. The summed E-state index contributed by atoms with van der Waals surface area (Å²) in [5.41, 5.74) is 0. The van der Waals surface area contributed by atoms with Gasteiger partial charge in [0, 0.05) is 16.3 Å². The van der Waals surface area contributed by atoms with Crippen molar-refractivity contribution in [2.24, 2.45) is 0 Å². The normalized spacial score (nSPS) is 12.4. The molecule has 1 atom stereocenters. The Hall–Kier alpha value is -1.11. The molecule has 0 radical (unpaired) electrons. The van der Waals surface area contributed by atoms with Gasteiger partial charge in [0.25, 0.3) is 0 Å². The molecule has 2 aromatic rings. The Kier molecular flexibility index (Phi) is 4.79. The molecule has 1 heterocycles. The summed E-state index contributed by atoms with van der Waals surface area (Å²) in [6, 6.07) is 4.99. The van der Waals surface area contributed by atoms with Gasteiger partial charge in [-0.05, 0) is 18.2 Å². The lowest BCUT2D eigenvalue weighted by Crippen LogP contribution is -2.11. The van der Waals surface area contributed by atoms with Crippen LogP contribution < -0.4 is 4.74 Å². The monoisotopic (exact) mass is 319 g/mol. The SMILES string of the molecule is CS(=O)c1nncn1CCOc1cc(Cl)cc(Cl)c1. The van der Waals surface area contributed by atoms with Crippen molar-refractivity contribution < 1.29 is 8.95 Å². The number of ether oxygens (including phenoxy) is 1. The number of nitrogens with zero attached hydrogens (tertiary/aromatic N) is 3. The van der Waals surface area contributed by atoms with Gasteiger partial charge < -0.3 is 9.30 Å². The van der Waals surface area contributed by atoms with Gasteiger partial charge in [-0.2, -0.15) is 0 Å². The fraction of sp³-hybridized carbons (Fsp3) is 0.273. The first-order valence-corrected chi connectivity index (χ1v) is 7.68. The summed E-state index contributed by atoms with van der Waals surface area (Å²) in [7, 11) is -1.17. The minimum Gasteiger partial charge on any atom is -0.492 e. The van der Waals surface area contributed by atoms with Crippen molar-refractivity contribution in [3.05, 3.63) is 34.6 Å². The van der Waals surface area contributed by atoms with Gasteiger partial charge in [-0.1, -0.05) is 23.2 Å². The van der Waals surface area contributed by atoms with E-state index < -0.39 is 10.8 Å². The average molecular weight is 320 g/mol. The van der Waals surface area contributed by atoms with Gasteiger partial charge in [-0.15, -0.1) is 10.2 Å². The summed E-state index contributed by atoms with van der Waals surface area (Å²) >= 11 is 11.7. The lowest BCUT2D eigenvalue weighted by Gasteiger charge is -2.08. The zero-order valence-electron chi connectivity index (χ0n) is 10.0. The third-order valence-electron chi connectivity index (χ3n) is 2.27. The fourth-order valence-corrected chi connectivity index (χ4v) is 2.63. The van der Waals surface area contributed by atoms with Gasteiger partial charge in [0.15, 0.2) is 0 Å². The summed E-state index contributed by atoms with van der Waals surface area (Å²) in [5, 5.41) is 8.96. The molecule has 0 bridgehead atoms. The Morgan fingerprint density at radius 2 is 2.00 bits per heavy atom. The number of hydrogen-bond donors (Lipinski definition) is 0. The number of aromatic nitrogens is 3. The molecule has 5 nitrogen and oxygen atoms in total. The molecular weight excluding hydrogens is 309 g/mol. The second kappa shape index (κ2) is 6.36. The molecule has 0 N–H and O–H groups in total. The molecule has 0 saturated heterocycles. The lowest BCUT2D eigenvalue weighted by molar-refractivity contribution is 0.293. The van der Waals surface area contributed by atoms with Gasteiger partial charge in [-0.3, -0.25) is 4.21 Å². The van der Waals surface area contributed by atoms with Crippen LogP contribution in [0.25, 0.3) is 0 Å². The maximum absolute atomic E-state index is 11.4. The number of rotatable bonds is 5. The van der Waals surface area contributed by atoms with E-state index in [0.29, 0.717) is 34.1 Å². The van der Waals surface area contributed by atoms with E-state index in [-0.39, 0.29) is 0 Å². The van der Waals surface area contributed by atoms with Crippen LogP contribution in [-0.4, -0.2) is 31.8 Å². The van der Waals surface area contributed by atoms with Crippen LogP contribution in [0.4, 0.5) is 0 Å². The molecule has 1 unspecified atom stereocenters. The molecule has 1 aromatic carbocycles. The van der Waals surface area contributed by atoms with Crippen molar-refractivity contribution in [2.45, 2.75) is 11.7 Å². The average Bonchev–Trinajstić information content (AvgIpc) is 2.76. The van der Waals surface area contributed by atoms with Crippen LogP contribution in [0.15, 0.2) is 29.7 Å². The van der Waals surface area contributed by atoms with E-state index in [4.69, 9.17) is 27.9 Å². The highest BCUT2D eigenvalue weighted by atomic mass is 35.5. The maximum atomic E-state index is 11.4. The highest BCUT2D eigenvalue weighted by Gasteiger charge is 2.07. The lowest BCUT2D eigenvalue weighted by atomic mass is 10.3. The summed E-state index contributed by atoms with van der Waals surface area (Å²) in [6.07, 6.45) is 3.07. The van der Waals surface area contributed by atoms with Crippen molar-refractivity contribution in [1.29, 1.82) is 0 Å². The minimum absolute atomic E-state index is 0.374. The van der Waals surface area contributed by atoms with Crippen LogP contribution in [0.3, 0.4) is 0 Å². The quantitative estimate of drug-likeness (QED) is 0.849. The van der Waals surface area contributed by atoms with Gasteiger partial charge in [0.1, 0.15) is 18.7 Å². The molecule has 1 aromatic heterocycles. The third kappa shape index (κ3) is 3.92. The van der Waals surface area contributed by atoms with Gasteiger partial charge in [-0.25, -0.2) is 0 Å². The van der Waals surface area contributed by atoms with Crippen LogP contribution in [0.2, 0.25) is 10.0 Å². The molecule has 0 saturated carbocycles. The van der Waals surface area contributed by atoms with Crippen molar-refractivity contribution in [3.8, 4) is 5.75 Å². The summed E-state index contributed by atoms with van der Waals surface area (Å²) in [4.78, 5) is 0. The largest absolute Gasteiger partial charge is 0.492 e. The molecule has 8 heteroatoms. The second-order valence-corrected chi connectivity index (χ2v) is 5.86. The number of benzene rings is 1. The van der Waals surface area contributed by atoms with E-state index in [1.54, 1.807) is 29.0 Å². The minimum atomic E-state index is -1.17. The number of hydrogen-bond acceptors (Lipinski definition) is 4. The molecule has 0 spiro atoms. The molecule has 0 fully saturated rings. The van der Waals surface area contributed by atoms with E-state index in [0.717, 1.165) is 0 Å². The Morgan fingerprint density at radius 3 is 2.63 bits per heavy atom. The summed E-state index contributed by atoms with van der Waals surface area (Å²) in [6.45, 7) is 0.866. The Bertz CT molecular complexity index is 583. The van der Waals surface area contributed by atoms with E-state index in [1.165, 1.54) is 6.33 Å². The maximum Gasteiger partial charge on any atom is 0.221 e. The second-order valence-electron chi connectivity index (χ2n) is 3.71. The topological polar surface area (TPSA) is 57.0 Å². The van der Waals surface area contributed by atoms with E-state index in [9.17, 15) is 4.21 Å². The Balaban J connectivity index is 1.96. The van der Waals surface area contributed by atoms with Crippen LogP contribution in [-0.2, 0) is 17.3 Å². The van der Waals surface area contributed by atoms with Crippen molar-refractivity contribution in [2.75, 3.05) is 12.9 Å². The van der Waals surface area contributed by atoms with Crippen LogP contribution in [0, 0.1) is 0 Å². The van der Waals surface area contributed by atoms with E-state index in [1.807, 2.05) is 0 Å². The van der Waals surface area contributed by atoms with E-state index >= 15 is 0 Å². The molecular formula is C11H11Cl2N3O2S. The van der Waals surface area contributed by atoms with Crippen LogP contribution in [0.5, 0.6) is 5.75 Å². The first-order chi connectivity index (χ1) is 9.06. The molecule has 0 aliphatic rings. The smallest absolute Gasteiger partial charge is 0.221 e. The first kappa shape index (κ1) is 14.3. The van der Waals surface area contributed by atoms with Gasteiger partial charge in [0.05, 0.1) is 17.3 Å². The molecule has 2 rings (SSSR count). The Labute approximate surface area is 123 Å². The van der Waals surface area contributed by atoms with Crippen LogP contribution >= 0.6 is 23.2 Å².